The summed E-state index contributed by atoms with van der Waals surface area (Å²) in [5, 5.41) is 20.4. The molecule has 0 amide bonds. The minimum absolute atomic E-state index is 0. The Bertz CT molecular complexity index is 390. The Balaban J connectivity index is 0.00000324. The van der Waals surface area contributed by atoms with Crippen LogP contribution in [0.1, 0.15) is 38.3 Å². The van der Waals surface area contributed by atoms with E-state index in [1.807, 2.05) is 0 Å². The van der Waals surface area contributed by atoms with E-state index in [0.717, 1.165) is 6.42 Å². The lowest BCUT2D eigenvalue weighted by Crippen LogP contribution is -2.27. The molecule has 0 aromatic heterocycles. The Morgan fingerprint density at radius 1 is 1.21 bits per heavy atom. The highest BCUT2D eigenvalue weighted by Gasteiger charge is 2.23. The van der Waals surface area contributed by atoms with Crippen LogP contribution >= 0.6 is 35.6 Å². The summed E-state index contributed by atoms with van der Waals surface area (Å²) < 4.78 is 0. The van der Waals surface area contributed by atoms with Gasteiger partial charge in [0.15, 0.2) is 0 Å². The predicted octanol–water partition coefficient (Wildman–Crippen LogP) is 3.92. The summed E-state index contributed by atoms with van der Waals surface area (Å²) in [6.07, 6.45) is 0.690. The maximum atomic E-state index is 10.0. The SMILES string of the molecule is CC(C)CC[C@@H](O)[C@@H](N)c1c(O)cc(Cl)cc1Cl.Cl. The molecule has 1 aromatic carbocycles. The van der Waals surface area contributed by atoms with Crippen LogP contribution in [-0.2, 0) is 0 Å². The number of halogens is 3. The molecule has 0 radical (unpaired) electrons. The van der Waals surface area contributed by atoms with Gasteiger partial charge in [-0.25, -0.2) is 0 Å². The van der Waals surface area contributed by atoms with E-state index in [4.69, 9.17) is 28.9 Å². The zero-order valence-corrected chi connectivity index (χ0v) is 13.3. The molecular weight excluding hydrogens is 309 g/mol. The number of hydrogen-bond donors (Lipinski definition) is 3. The molecule has 0 saturated carbocycles. The van der Waals surface area contributed by atoms with Crippen molar-refractivity contribution >= 4 is 35.6 Å². The van der Waals surface area contributed by atoms with Gasteiger partial charge in [-0.05, 0) is 30.9 Å². The molecule has 0 aliphatic carbocycles. The van der Waals surface area contributed by atoms with Gasteiger partial charge in [-0.1, -0.05) is 37.0 Å². The smallest absolute Gasteiger partial charge is 0.123 e. The minimum atomic E-state index is -0.739. The fraction of sp³-hybridized carbons (Fsp3) is 0.538. The summed E-state index contributed by atoms with van der Waals surface area (Å²) in [4.78, 5) is 0. The second kappa shape index (κ2) is 8.18. The Labute approximate surface area is 130 Å². The van der Waals surface area contributed by atoms with E-state index in [-0.39, 0.29) is 23.2 Å². The lowest BCUT2D eigenvalue weighted by Gasteiger charge is -2.22. The molecule has 1 rings (SSSR count). The van der Waals surface area contributed by atoms with Gasteiger partial charge >= 0.3 is 0 Å². The number of nitrogens with two attached hydrogens (primary N) is 1. The number of phenolic OH excluding ortho intramolecular Hbond substituents is 1. The first-order chi connectivity index (χ1) is 8.32. The highest BCUT2D eigenvalue weighted by molar-refractivity contribution is 6.35. The lowest BCUT2D eigenvalue weighted by molar-refractivity contribution is 0.127. The zero-order chi connectivity index (χ0) is 13.9. The van der Waals surface area contributed by atoms with Crippen LogP contribution < -0.4 is 5.73 Å². The second-order valence-electron chi connectivity index (χ2n) is 4.88. The van der Waals surface area contributed by atoms with Crippen molar-refractivity contribution in [2.45, 2.75) is 38.8 Å². The maximum Gasteiger partial charge on any atom is 0.123 e. The van der Waals surface area contributed by atoms with Crippen LogP contribution in [0.15, 0.2) is 12.1 Å². The van der Waals surface area contributed by atoms with E-state index in [0.29, 0.717) is 22.9 Å². The Hall–Kier alpha value is -0.190. The third-order valence-electron chi connectivity index (χ3n) is 2.86. The van der Waals surface area contributed by atoms with Crippen molar-refractivity contribution in [2.24, 2.45) is 11.7 Å². The fourth-order valence-electron chi connectivity index (χ4n) is 1.78. The highest BCUT2D eigenvalue weighted by atomic mass is 35.5. The molecule has 0 fully saturated rings. The summed E-state index contributed by atoms with van der Waals surface area (Å²) in [5.74, 6) is 0.407. The van der Waals surface area contributed by atoms with Gasteiger partial charge in [0.25, 0.3) is 0 Å². The normalized spacial score (nSPS) is 14.1. The predicted molar refractivity (Wildman–Crippen MR) is 82.4 cm³/mol. The summed E-state index contributed by atoms with van der Waals surface area (Å²) in [7, 11) is 0. The van der Waals surface area contributed by atoms with Crippen molar-refractivity contribution < 1.29 is 10.2 Å². The highest BCUT2D eigenvalue weighted by Crippen LogP contribution is 2.35. The Kier molecular flexibility index (Phi) is 8.09. The monoisotopic (exact) mass is 327 g/mol. The standard InChI is InChI=1S/C13H19Cl2NO2.ClH/c1-7(2)3-4-10(17)13(16)12-9(15)5-8(14)6-11(12)18;/h5-7,10,13,17-18H,3-4,16H2,1-2H3;1H/t10-,13-;/m1./s1. The van der Waals surface area contributed by atoms with E-state index in [1.54, 1.807) is 0 Å². The molecule has 0 unspecified atom stereocenters. The number of benzene rings is 1. The largest absolute Gasteiger partial charge is 0.507 e. The quantitative estimate of drug-likeness (QED) is 0.767. The van der Waals surface area contributed by atoms with Crippen LogP contribution in [0.3, 0.4) is 0 Å². The molecule has 4 N–H and O–H groups in total. The van der Waals surface area contributed by atoms with Crippen molar-refractivity contribution in [1.82, 2.24) is 0 Å². The molecule has 110 valence electrons. The Morgan fingerprint density at radius 2 is 1.79 bits per heavy atom. The van der Waals surface area contributed by atoms with Gasteiger partial charge in [0.05, 0.1) is 17.2 Å². The first-order valence-corrected chi connectivity index (χ1v) is 6.70. The topological polar surface area (TPSA) is 66.5 Å². The molecular formula is C13H20Cl3NO2. The van der Waals surface area contributed by atoms with E-state index in [2.05, 4.69) is 13.8 Å². The molecule has 0 bridgehead atoms. The third kappa shape index (κ3) is 5.36. The molecule has 3 nitrogen and oxygen atoms in total. The van der Waals surface area contributed by atoms with Gasteiger partial charge in [-0.3, -0.25) is 0 Å². The van der Waals surface area contributed by atoms with E-state index in [9.17, 15) is 10.2 Å². The molecule has 1 aromatic rings. The summed E-state index contributed by atoms with van der Waals surface area (Å²) in [6.45, 7) is 4.15. The minimum Gasteiger partial charge on any atom is -0.507 e. The van der Waals surface area contributed by atoms with Gasteiger partial charge in [0.2, 0.25) is 0 Å². The van der Waals surface area contributed by atoms with Gasteiger partial charge in [-0.15, -0.1) is 12.4 Å². The third-order valence-corrected chi connectivity index (χ3v) is 3.39. The van der Waals surface area contributed by atoms with E-state index < -0.39 is 12.1 Å². The van der Waals surface area contributed by atoms with Crippen LogP contribution in [0.25, 0.3) is 0 Å². The second-order valence-corrected chi connectivity index (χ2v) is 5.73. The lowest BCUT2D eigenvalue weighted by atomic mass is 9.95. The zero-order valence-electron chi connectivity index (χ0n) is 10.9. The first-order valence-electron chi connectivity index (χ1n) is 5.94. The van der Waals surface area contributed by atoms with Crippen LogP contribution in [0.4, 0.5) is 0 Å². The molecule has 2 atom stereocenters. The molecule has 19 heavy (non-hydrogen) atoms. The molecule has 0 aliphatic heterocycles. The van der Waals surface area contributed by atoms with Crippen molar-refractivity contribution in [3.63, 3.8) is 0 Å². The van der Waals surface area contributed by atoms with E-state index >= 15 is 0 Å². The molecule has 0 spiro atoms. The number of aromatic hydroxyl groups is 1. The summed E-state index contributed by atoms with van der Waals surface area (Å²) in [6, 6.07) is 2.17. The number of aliphatic hydroxyl groups excluding tert-OH is 1. The average Bonchev–Trinajstić information content (AvgIpc) is 2.24. The molecule has 0 heterocycles. The van der Waals surface area contributed by atoms with Gasteiger partial charge < -0.3 is 15.9 Å². The van der Waals surface area contributed by atoms with Crippen LogP contribution in [0.5, 0.6) is 5.75 Å². The maximum absolute atomic E-state index is 10.0. The molecule has 6 heteroatoms. The summed E-state index contributed by atoms with van der Waals surface area (Å²) >= 11 is 11.8. The van der Waals surface area contributed by atoms with Crippen LogP contribution in [-0.4, -0.2) is 16.3 Å². The van der Waals surface area contributed by atoms with Crippen molar-refractivity contribution in [1.29, 1.82) is 0 Å². The number of phenols is 1. The molecule has 0 saturated heterocycles. The number of rotatable bonds is 5. The number of hydrogen-bond acceptors (Lipinski definition) is 3. The van der Waals surface area contributed by atoms with Crippen molar-refractivity contribution in [3.8, 4) is 5.75 Å². The van der Waals surface area contributed by atoms with Gasteiger partial charge in [0, 0.05) is 10.6 Å². The van der Waals surface area contributed by atoms with Crippen molar-refractivity contribution in [2.75, 3.05) is 0 Å². The van der Waals surface area contributed by atoms with Crippen LogP contribution in [0, 0.1) is 5.92 Å². The Morgan fingerprint density at radius 3 is 2.26 bits per heavy atom. The van der Waals surface area contributed by atoms with Crippen molar-refractivity contribution in [3.05, 3.63) is 27.7 Å². The number of aliphatic hydroxyl groups is 1. The van der Waals surface area contributed by atoms with Gasteiger partial charge in [-0.2, -0.15) is 0 Å². The summed E-state index contributed by atoms with van der Waals surface area (Å²) in [5.41, 5.74) is 6.28. The average molecular weight is 329 g/mol. The van der Waals surface area contributed by atoms with Gasteiger partial charge in [0.1, 0.15) is 5.75 Å². The fourth-order valence-corrected chi connectivity index (χ4v) is 2.39. The first kappa shape index (κ1) is 18.8. The van der Waals surface area contributed by atoms with E-state index in [1.165, 1.54) is 12.1 Å². The molecule has 0 aliphatic rings. The van der Waals surface area contributed by atoms with Crippen LogP contribution in [0.2, 0.25) is 10.0 Å².